The number of allylic oxidation sites excluding steroid dienone is 5. The van der Waals surface area contributed by atoms with Gasteiger partial charge in [-0.3, -0.25) is 0 Å². The van der Waals surface area contributed by atoms with Crippen LogP contribution in [0.25, 0.3) is 0 Å². The molecule has 1 aromatic carbocycles. The molecule has 1 aliphatic rings. The van der Waals surface area contributed by atoms with Crippen LogP contribution >= 0.6 is 0 Å². The monoisotopic (exact) mass is 437 g/mol. The maximum absolute atomic E-state index is 13.5. The van der Waals surface area contributed by atoms with Gasteiger partial charge in [0.1, 0.15) is 18.2 Å². The van der Waals surface area contributed by atoms with Gasteiger partial charge in [0.2, 0.25) is 0 Å². The van der Waals surface area contributed by atoms with E-state index in [4.69, 9.17) is 0 Å². The summed E-state index contributed by atoms with van der Waals surface area (Å²) in [5.74, 6) is -5.02. The number of carboxylic acid groups (broad SMARTS) is 1. The van der Waals surface area contributed by atoms with Gasteiger partial charge in [-0.15, -0.1) is 6.58 Å². The van der Waals surface area contributed by atoms with E-state index < -0.39 is 35.9 Å². The minimum atomic E-state index is -4.50. The quantitative estimate of drug-likeness (QED) is 0.300. The molecule has 164 valence electrons. The summed E-state index contributed by atoms with van der Waals surface area (Å²) in [6, 6.07) is 3.10. The molecule has 0 aliphatic heterocycles. The zero-order chi connectivity index (χ0) is 23.3. The summed E-state index contributed by atoms with van der Waals surface area (Å²) in [5.41, 5.74) is 0.660. The zero-order valence-corrected chi connectivity index (χ0v) is 16.8. The Hall–Kier alpha value is -3.13. The molecule has 0 spiro atoms. The fourth-order valence-electron chi connectivity index (χ4n) is 3.38. The van der Waals surface area contributed by atoms with Crippen molar-refractivity contribution in [3.63, 3.8) is 0 Å². The van der Waals surface area contributed by atoms with Gasteiger partial charge in [-0.25, -0.2) is 9.18 Å². The van der Waals surface area contributed by atoms with Crippen molar-refractivity contribution in [2.75, 3.05) is 11.9 Å². The number of aliphatic hydroxyl groups excluding tert-OH is 1. The highest BCUT2D eigenvalue weighted by Gasteiger charge is 2.51. The topological polar surface area (TPSA) is 69.6 Å². The largest absolute Gasteiger partial charge is 0.478 e. The summed E-state index contributed by atoms with van der Waals surface area (Å²) in [4.78, 5) is 11.3. The third kappa shape index (κ3) is 5.95. The Bertz CT molecular complexity index is 918. The van der Waals surface area contributed by atoms with Crippen LogP contribution in [0.1, 0.15) is 17.3 Å². The number of carbonyl (C=O) groups is 1. The lowest BCUT2D eigenvalue weighted by molar-refractivity contribution is -0.167. The molecule has 0 heterocycles. The van der Waals surface area contributed by atoms with Crippen LogP contribution in [0.5, 0.6) is 0 Å². The summed E-state index contributed by atoms with van der Waals surface area (Å²) in [5, 5.41) is 22.7. The number of hydrogen-bond acceptors (Lipinski definition) is 3. The first-order chi connectivity index (χ1) is 14.5. The van der Waals surface area contributed by atoms with Gasteiger partial charge in [0.15, 0.2) is 17.3 Å². The summed E-state index contributed by atoms with van der Waals surface area (Å²) in [6.45, 7) is 8.67. The molecule has 0 radical (unpaired) electrons. The van der Waals surface area contributed by atoms with Crippen LogP contribution < -0.4 is 5.32 Å². The van der Waals surface area contributed by atoms with Gasteiger partial charge in [0.05, 0.1) is 36.1 Å². The summed E-state index contributed by atoms with van der Waals surface area (Å²) in [7, 11) is 0. The molecule has 0 saturated carbocycles. The van der Waals surface area contributed by atoms with Gasteiger partial charge < -0.3 is 15.5 Å². The Morgan fingerprint density at radius 1 is 1.42 bits per heavy atom. The standard InChI is InChI=1S/C23H22F4NO3/c1-4-15-16(6-5-7-19(15)23(25,26)27)17(10-13(2)3)21(29)12-28-20-9-8-14(24)11-18(20)22(30)31/h4-11,15,19,21,28-29H,1-2,12H2,3H3/q+1/p+1. The van der Waals surface area contributed by atoms with Crippen molar-refractivity contribution >= 4 is 11.7 Å². The van der Waals surface area contributed by atoms with Gasteiger partial charge in [-0.05, 0) is 31.7 Å². The number of aromatic carboxylic acids is 1. The van der Waals surface area contributed by atoms with Crippen molar-refractivity contribution in [1.29, 1.82) is 0 Å². The van der Waals surface area contributed by atoms with E-state index in [-0.39, 0.29) is 28.9 Å². The van der Waals surface area contributed by atoms with Gasteiger partial charge >= 0.3 is 12.1 Å². The van der Waals surface area contributed by atoms with Crippen LogP contribution in [0.4, 0.5) is 23.2 Å². The fraction of sp³-hybridized carbons (Fsp3) is 0.261. The molecule has 2 rings (SSSR count). The molecule has 3 N–H and O–H groups in total. The van der Waals surface area contributed by atoms with Gasteiger partial charge in [0.25, 0.3) is 0 Å². The number of rotatable bonds is 8. The average molecular weight is 437 g/mol. The van der Waals surface area contributed by atoms with E-state index in [2.05, 4.69) is 18.5 Å². The van der Waals surface area contributed by atoms with E-state index in [1.54, 1.807) is 6.92 Å². The molecule has 0 bridgehead atoms. The van der Waals surface area contributed by atoms with Crippen molar-refractivity contribution in [1.82, 2.24) is 0 Å². The Morgan fingerprint density at radius 3 is 2.65 bits per heavy atom. The fourth-order valence-corrected chi connectivity index (χ4v) is 3.38. The van der Waals surface area contributed by atoms with Crippen LogP contribution in [0.2, 0.25) is 0 Å². The molecule has 8 heteroatoms. The molecular weight excluding hydrogens is 414 g/mol. The second-order valence-electron chi connectivity index (χ2n) is 7.17. The number of anilines is 1. The van der Waals surface area contributed by atoms with E-state index in [1.807, 2.05) is 0 Å². The highest BCUT2D eigenvalue weighted by atomic mass is 19.4. The summed E-state index contributed by atoms with van der Waals surface area (Å²) in [6.07, 6.45) is 0.646. The lowest BCUT2D eigenvalue weighted by Gasteiger charge is -2.24. The second kappa shape index (κ2) is 9.78. The number of alkyl halides is 3. The molecule has 0 amide bonds. The molecule has 0 aromatic heterocycles. The normalized spacial score (nSPS) is 21.0. The van der Waals surface area contributed by atoms with Gasteiger partial charge in [-0.1, -0.05) is 6.08 Å². The van der Waals surface area contributed by atoms with Crippen molar-refractivity contribution < 1.29 is 32.6 Å². The van der Waals surface area contributed by atoms with Crippen LogP contribution in [0.15, 0.2) is 66.3 Å². The molecular formula is C23H23F4NO3+2. The molecule has 1 aromatic rings. The zero-order valence-electron chi connectivity index (χ0n) is 16.8. The first-order valence-electron chi connectivity index (χ1n) is 9.35. The average Bonchev–Trinajstić information content (AvgIpc) is 2.69. The lowest BCUT2D eigenvalue weighted by atomic mass is 9.75. The number of benzene rings is 1. The van der Waals surface area contributed by atoms with E-state index in [0.717, 1.165) is 18.2 Å². The number of carboxylic acids is 1. The minimum absolute atomic E-state index is 0.0635. The smallest absolute Gasteiger partial charge is 0.408 e. The van der Waals surface area contributed by atoms with Crippen LogP contribution in [0.3, 0.4) is 0 Å². The van der Waals surface area contributed by atoms with Crippen LogP contribution in [-0.2, 0) is 0 Å². The van der Waals surface area contributed by atoms with Crippen LogP contribution in [0, 0.1) is 30.5 Å². The molecule has 31 heavy (non-hydrogen) atoms. The van der Waals surface area contributed by atoms with Gasteiger partial charge in [0, 0.05) is 11.8 Å². The Balaban J connectivity index is 2.38. The first-order valence-corrected chi connectivity index (χ1v) is 9.35. The predicted octanol–water partition coefficient (Wildman–Crippen LogP) is 5.13. The third-order valence-corrected chi connectivity index (χ3v) is 4.76. The van der Waals surface area contributed by atoms with E-state index >= 15 is 0 Å². The molecule has 0 saturated heterocycles. The lowest BCUT2D eigenvalue weighted by Crippen LogP contribution is -2.33. The maximum atomic E-state index is 13.5. The SMILES string of the molecule is C=CC1C(=C([CH+]C(=C)C)C(O)CNc2ccc(F)cc2C(=O)O)[CH+]C=CC1C(F)(F)F. The van der Waals surface area contributed by atoms with Crippen molar-refractivity contribution in [2.24, 2.45) is 11.8 Å². The number of nitrogens with one attached hydrogen (secondary N) is 1. The third-order valence-electron chi connectivity index (χ3n) is 4.76. The van der Waals surface area contributed by atoms with Crippen molar-refractivity contribution in [3.05, 3.63) is 90.5 Å². The molecule has 0 fully saturated rings. The molecule has 3 atom stereocenters. The Labute approximate surface area is 178 Å². The van der Waals surface area contributed by atoms with Crippen LogP contribution in [-0.4, -0.2) is 35.0 Å². The Morgan fingerprint density at radius 2 is 2.10 bits per heavy atom. The van der Waals surface area contributed by atoms with E-state index in [9.17, 15) is 32.6 Å². The summed E-state index contributed by atoms with van der Waals surface area (Å²) < 4.78 is 53.8. The number of halogens is 4. The predicted molar refractivity (Wildman–Crippen MR) is 111 cm³/mol. The minimum Gasteiger partial charge on any atom is -0.478 e. The van der Waals surface area contributed by atoms with E-state index in [1.165, 1.54) is 31.1 Å². The highest BCUT2D eigenvalue weighted by molar-refractivity contribution is 5.94. The number of hydrogen-bond donors (Lipinski definition) is 3. The molecule has 1 aliphatic carbocycles. The summed E-state index contributed by atoms with van der Waals surface area (Å²) >= 11 is 0. The van der Waals surface area contributed by atoms with Gasteiger partial charge in [-0.2, -0.15) is 13.2 Å². The highest BCUT2D eigenvalue weighted by Crippen LogP contribution is 2.43. The number of aliphatic hydroxyl groups is 1. The maximum Gasteiger partial charge on any atom is 0.408 e. The van der Waals surface area contributed by atoms with Crippen molar-refractivity contribution in [3.8, 4) is 0 Å². The first kappa shape index (κ1) is 24.1. The molecule has 3 unspecified atom stereocenters. The van der Waals surface area contributed by atoms with Crippen molar-refractivity contribution in [2.45, 2.75) is 19.2 Å². The second-order valence-corrected chi connectivity index (χ2v) is 7.17. The Kier molecular flexibility index (Phi) is 7.62. The molecule has 4 nitrogen and oxygen atoms in total. The van der Waals surface area contributed by atoms with E-state index in [0.29, 0.717) is 5.57 Å².